The SMILES string of the molecule is Nc1ccc(-c2nc(N3C[C@@H]4CC[C@@H](C3)O4)c3cccn3n2)cc1. The lowest BCUT2D eigenvalue weighted by atomic mass is 10.2. The summed E-state index contributed by atoms with van der Waals surface area (Å²) in [6.07, 6.45) is 4.92. The number of morpholine rings is 1. The molecule has 3 aromatic rings. The van der Waals surface area contributed by atoms with E-state index in [-0.39, 0.29) is 0 Å². The van der Waals surface area contributed by atoms with Crippen LogP contribution in [0.4, 0.5) is 11.5 Å². The fourth-order valence-corrected chi connectivity index (χ4v) is 3.69. The van der Waals surface area contributed by atoms with Gasteiger partial charge in [-0.3, -0.25) is 0 Å². The maximum atomic E-state index is 5.96. The Morgan fingerprint density at radius 3 is 2.54 bits per heavy atom. The molecule has 2 fully saturated rings. The molecular weight excluding hydrogens is 302 g/mol. The number of hydrogen-bond donors (Lipinski definition) is 1. The quantitative estimate of drug-likeness (QED) is 0.734. The third-order valence-electron chi connectivity index (χ3n) is 4.88. The molecule has 2 aliphatic heterocycles. The topological polar surface area (TPSA) is 68.7 Å². The van der Waals surface area contributed by atoms with E-state index in [1.165, 1.54) is 0 Å². The van der Waals surface area contributed by atoms with E-state index < -0.39 is 0 Å². The molecule has 5 rings (SSSR count). The van der Waals surface area contributed by atoms with Crippen molar-refractivity contribution in [2.24, 2.45) is 0 Å². The first-order valence-corrected chi connectivity index (χ1v) is 8.38. The molecule has 4 heterocycles. The van der Waals surface area contributed by atoms with Crippen LogP contribution in [0.25, 0.3) is 16.9 Å². The molecule has 2 aliphatic rings. The van der Waals surface area contributed by atoms with E-state index >= 15 is 0 Å². The fourth-order valence-electron chi connectivity index (χ4n) is 3.69. The van der Waals surface area contributed by atoms with Crippen molar-refractivity contribution < 1.29 is 4.74 Å². The van der Waals surface area contributed by atoms with E-state index in [9.17, 15) is 0 Å². The van der Waals surface area contributed by atoms with Gasteiger partial charge in [-0.1, -0.05) is 0 Å². The summed E-state index contributed by atoms with van der Waals surface area (Å²) < 4.78 is 7.87. The lowest BCUT2D eigenvalue weighted by molar-refractivity contribution is 0.0303. The van der Waals surface area contributed by atoms with Gasteiger partial charge in [-0.05, 0) is 49.2 Å². The summed E-state index contributed by atoms with van der Waals surface area (Å²) in [5.41, 5.74) is 8.54. The van der Waals surface area contributed by atoms with E-state index in [4.69, 9.17) is 15.5 Å². The zero-order valence-corrected chi connectivity index (χ0v) is 13.3. The number of nitrogens with two attached hydrogens (primary N) is 1. The van der Waals surface area contributed by atoms with Gasteiger partial charge in [0, 0.05) is 30.5 Å². The molecule has 0 spiro atoms. The Balaban J connectivity index is 1.62. The molecule has 2 atom stereocenters. The predicted molar refractivity (Wildman–Crippen MR) is 92.9 cm³/mol. The molecule has 2 bridgehead atoms. The van der Waals surface area contributed by atoms with Gasteiger partial charge in [0.15, 0.2) is 11.6 Å². The minimum absolute atomic E-state index is 0.328. The molecule has 2 saturated heterocycles. The zero-order chi connectivity index (χ0) is 16.1. The number of anilines is 2. The Kier molecular flexibility index (Phi) is 2.99. The first kappa shape index (κ1) is 13.8. The minimum atomic E-state index is 0.328. The summed E-state index contributed by atoms with van der Waals surface area (Å²) in [6.45, 7) is 1.80. The molecule has 2 aromatic heterocycles. The van der Waals surface area contributed by atoms with Crippen molar-refractivity contribution in [3.05, 3.63) is 42.6 Å². The average Bonchev–Trinajstić information content (AvgIpc) is 3.20. The molecule has 1 aromatic carbocycles. The van der Waals surface area contributed by atoms with E-state index in [1.54, 1.807) is 0 Å². The summed E-state index contributed by atoms with van der Waals surface area (Å²) in [7, 11) is 0. The number of aromatic nitrogens is 3. The minimum Gasteiger partial charge on any atom is -0.399 e. The Labute approximate surface area is 139 Å². The van der Waals surface area contributed by atoms with Crippen LogP contribution in [-0.2, 0) is 4.74 Å². The van der Waals surface area contributed by atoms with Crippen molar-refractivity contribution in [1.82, 2.24) is 14.6 Å². The van der Waals surface area contributed by atoms with Gasteiger partial charge in [0.2, 0.25) is 0 Å². The van der Waals surface area contributed by atoms with Crippen molar-refractivity contribution in [1.29, 1.82) is 0 Å². The van der Waals surface area contributed by atoms with E-state index in [1.807, 2.05) is 41.0 Å². The van der Waals surface area contributed by atoms with Crippen LogP contribution in [0.5, 0.6) is 0 Å². The number of benzene rings is 1. The van der Waals surface area contributed by atoms with Gasteiger partial charge in [0.05, 0.1) is 12.2 Å². The van der Waals surface area contributed by atoms with Crippen molar-refractivity contribution >= 4 is 17.0 Å². The predicted octanol–water partition coefficient (Wildman–Crippen LogP) is 2.35. The van der Waals surface area contributed by atoms with Gasteiger partial charge in [-0.2, -0.15) is 0 Å². The van der Waals surface area contributed by atoms with Crippen LogP contribution in [0.15, 0.2) is 42.6 Å². The third-order valence-corrected chi connectivity index (χ3v) is 4.88. The van der Waals surface area contributed by atoms with Crippen LogP contribution in [0.1, 0.15) is 12.8 Å². The van der Waals surface area contributed by atoms with Crippen LogP contribution in [0.2, 0.25) is 0 Å². The Morgan fingerprint density at radius 1 is 1.04 bits per heavy atom. The molecule has 24 heavy (non-hydrogen) atoms. The molecule has 2 N–H and O–H groups in total. The number of hydrogen-bond acceptors (Lipinski definition) is 5. The number of rotatable bonds is 2. The standard InChI is InChI=1S/C18H19N5O/c19-13-5-3-12(4-6-13)17-20-18(16-2-1-9-23(16)21-17)22-10-14-7-8-15(11-22)24-14/h1-6,9,14-15H,7-8,10-11,19H2/t14-,15-/m0/s1. The van der Waals surface area contributed by atoms with Crippen LogP contribution in [0, 0.1) is 0 Å². The molecule has 0 amide bonds. The van der Waals surface area contributed by atoms with Gasteiger partial charge in [0.25, 0.3) is 0 Å². The summed E-state index contributed by atoms with van der Waals surface area (Å²) in [6, 6.07) is 11.8. The maximum Gasteiger partial charge on any atom is 0.182 e. The van der Waals surface area contributed by atoms with Gasteiger partial charge in [0.1, 0.15) is 5.52 Å². The summed E-state index contributed by atoms with van der Waals surface area (Å²) in [5, 5.41) is 4.65. The first-order valence-electron chi connectivity index (χ1n) is 8.38. The molecule has 122 valence electrons. The molecule has 6 nitrogen and oxygen atoms in total. The highest BCUT2D eigenvalue weighted by Gasteiger charge is 2.35. The smallest absolute Gasteiger partial charge is 0.182 e. The van der Waals surface area contributed by atoms with Crippen molar-refractivity contribution in [2.45, 2.75) is 25.0 Å². The fraction of sp³-hybridized carbons (Fsp3) is 0.333. The highest BCUT2D eigenvalue weighted by atomic mass is 16.5. The Hall–Kier alpha value is -2.60. The molecule has 0 saturated carbocycles. The molecule has 0 aliphatic carbocycles. The van der Waals surface area contributed by atoms with Crippen LogP contribution in [0.3, 0.4) is 0 Å². The lowest BCUT2D eigenvalue weighted by Crippen LogP contribution is -2.43. The molecular formula is C18H19N5O. The highest BCUT2D eigenvalue weighted by molar-refractivity contribution is 5.72. The van der Waals surface area contributed by atoms with Crippen LogP contribution in [-0.4, -0.2) is 39.9 Å². The van der Waals surface area contributed by atoms with Gasteiger partial charge >= 0.3 is 0 Å². The lowest BCUT2D eigenvalue weighted by Gasteiger charge is -2.33. The van der Waals surface area contributed by atoms with Gasteiger partial charge in [-0.15, -0.1) is 5.10 Å². The first-order chi connectivity index (χ1) is 11.8. The summed E-state index contributed by atoms with van der Waals surface area (Å²) in [5.74, 6) is 1.70. The summed E-state index contributed by atoms with van der Waals surface area (Å²) in [4.78, 5) is 7.24. The highest BCUT2D eigenvalue weighted by Crippen LogP contribution is 2.31. The molecule has 0 radical (unpaired) electrons. The van der Waals surface area contributed by atoms with Crippen LogP contribution < -0.4 is 10.6 Å². The second-order valence-electron chi connectivity index (χ2n) is 6.58. The Bertz CT molecular complexity index is 876. The number of nitrogen functional groups attached to an aromatic ring is 1. The van der Waals surface area contributed by atoms with E-state index in [0.717, 1.165) is 48.5 Å². The second kappa shape index (κ2) is 5.21. The molecule has 6 heteroatoms. The number of ether oxygens (including phenoxy) is 1. The van der Waals surface area contributed by atoms with Crippen molar-refractivity contribution in [2.75, 3.05) is 23.7 Å². The Morgan fingerprint density at radius 2 is 1.79 bits per heavy atom. The zero-order valence-electron chi connectivity index (χ0n) is 13.3. The van der Waals surface area contributed by atoms with Crippen molar-refractivity contribution in [3.8, 4) is 11.4 Å². The third kappa shape index (κ3) is 2.22. The maximum absolute atomic E-state index is 5.96. The van der Waals surface area contributed by atoms with Gasteiger partial charge in [-0.25, -0.2) is 9.50 Å². The molecule has 0 unspecified atom stereocenters. The largest absolute Gasteiger partial charge is 0.399 e. The van der Waals surface area contributed by atoms with Crippen LogP contribution >= 0.6 is 0 Å². The van der Waals surface area contributed by atoms with E-state index in [2.05, 4.69) is 16.1 Å². The second-order valence-corrected chi connectivity index (χ2v) is 6.58. The average molecular weight is 321 g/mol. The van der Waals surface area contributed by atoms with E-state index in [0.29, 0.717) is 18.0 Å². The number of fused-ring (bicyclic) bond motifs is 3. The van der Waals surface area contributed by atoms with Gasteiger partial charge < -0.3 is 15.4 Å². The normalized spacial score (nSPS) is 23.1. The number of nitrogens with zero attached hydrogens (tertiary/aromatic N) is 4. The van der Waals surface area contributed by atoms with Crippen molar-refractivity contribution in [3.63, 3.8) is 0 Å². The monoisotopic (exact) mass is 321 g/mol. The summed E-state index contributed by atoms with van der Waals surface area (Å²) >= 11 is 0.